The van der Waals surface area contributed by atoms with E-state index in [1.54, 1.807) is 0 Å². The zero-order valence-corrected chi connectivity index (χ0v) is 9.25. The van der Waals surface area contributed by atoms with Crippen molar-refractivity contribution in [1.29, 1.82) is 0 Å². The van der Waals surface area contributed by atoms with Gasteiger partial charge in [0.1, 0.15) is 5.82 Å². The SMILES string of the molecule is CC(C)C1CCc2nn(C)c(N)c2C1. The molecule has 1 aromatic rings. The molecule has 0 fully saturated rings. The predicted octanol–water partition coefficient (Wildman–Crippen LogP) is 1.76. The Morgan fingerprint density at radius 3 is 2.86 bits per heavy atom. The molecule has 78 valence electrons. The first-order valence-corrected chi connectivity index (χ1v) is 5.39. The molecule has 0 saturated carbocycles. The number of fused-ring (bicyclic) bond motifs is 1. The van der Waals surface area contributed by atoms with Crippen molar-refractivity contribution in [2.75, 3.05) is 5.73 Å². The van der Waals surface area contributed by atoms with Gasteiger partial charge >= 0.3 is 0 Å². The lowest BCUT2D eigenvalue weighted by Gasteiger charge is -2.24. The van der Waals surface area contributed by atoms with Gasteiger partial charge in [0, 0.05) is 12.6 Å². The van der Waals surface area contributed by atoms with Gasteiger partial charge in [-0.25, -0.2) is 0 Å². The third-order valence-corrected chi connectivity index (χ3v) is 3.44. The van der Waals surface area contributed by atoms with E-state index in [9.17, 15) is 0 Å². The molecule has 1 aliphatic carbocycles. The van der Waals surface area contributed by atoms with E-state index >= 15 is 0 Å². The highest BCUT2D eigenvalue weighted by atomic mass is 15.3. The standard InChI is InChI=1S/C11H19N3/c1-7(2)8-4-5-10-9(6-8)11(12)14(3)13-10/h7-8H,4-6,12H2,1-3H3. The second kappa shape index (κ2) is 3.30. The molecule has 0 radical (unpaired) electrons. The van der Waals surface area contributed by atoms with Gasteiger partial charge < -0.3 is 5.73 Å². The molecule has 2 rings (SSSR count). The van der Waals surface area contributed by atoms with Crippen molar-refractivity contribution in [3.05, 3.63) is 11.3 Å². The number of rotatable bonds is 1. The monoisotopic (exact) mass is 193 g/mol. The van der Waals surface area contributed by atoms with Crippen LogP contribution in [0.5, 0.6) is 0 Å². The minimum absolute atomic E-state index is 0.753. The zero-order valence-electron chi connectivity index (χ0n) is 9.25. The van der Waals surface area contributed by atoms with Crippen LogP contribution in [-0.4, -0.2) is 9.78 Å². The second-order valence-corrected chi connectivity index (χ2v) is 4.68. The number of nitrogens with two attached hydrogens (primary N) is 1. The van der Waals surface area contributed by atoms with E-state index < -0.39 is 0 Å². The fraction of sp³-hybridized carbons (Fsp3) is 0.727. The first-order chi connectivity index (χ1) is 6.59. The van der Waals surface area contributed by atoms with Gasteiger partial charge in [-0.2, -0.15) is 5.10 Å². The first-order valence-electron chi connectivity index (χ1n) is 5.39. The van der Waals surface area contributed by atoms with Crippen molar-refractivity contribution in [3.63, 3.8) is 0 Å². The van der Waals surface area contributed by atoms with Crippen molar-refractivity contribution in [2.24, 2.45) is 18.9 Å². The number of hydrogen-bond acceptors (Lipinski definition) is 2. The quantitative estimate of drug-likeness (QED) is 0.738. The van der Waals surface area contributed by atoms with Crippen molar-refractivity contribution in [3.8, 4) is 0 Å². The van der Waals surface area contributed by atoms with Crippen LogP contribution in [0.3, 0.4) is 0 Å². The minimum atomic E-state index is 0.753. The topological polar surface area (TPSA) is 43.8 Å². The highest BCUT2D eigenvalue weighted by Crippen LogP contribution is 2.32. The molecule has 3 heteroatoms. The Hall–Kier alpha value is -0.990. The zero-order chi connectivity index (χ0) is 10.3. The Morgan fingerprint density at radius 1 is 1.50 bits per heavy atom. The van der Waals surface area contributed by atoms with Crippen LogP contribution in [0.4, 0.5) is 5.82 Å². The number of aromatic nitrogens is 2. The number of anilines is 1. The molecule has 1 heterocycles. The Labute approximate surface area is 85.3 Å². The van der Waals surface area contributed by atoms with Crippen molar-refractivity contribution >= 4 is 5.82 Å². The summed E-state index contributed by atoms with van der Waals surface area (Å²) >= 11 is 0. The normalized spacial score (nSPS) is 21.3. The molecular formula is C11H19N3. The van der Waals surface area contributed by atoms with Crippen LogP contribution in [0.2, 0.25) is 0 Å². The van der Waals surface area contributed by atoms with E-state index in [1.807, 2.05) is 11.7 Å². The Bertz CT molecular complexity index is 339. The first kappa shape index (κ1) is 9.56. The molecule has 1 aliphatic rings. The highest BCUT2D eigenvalue weighted by Gasteiger charge is 2.25. The molecule has 1 atom stereocenters. The van der Waals surface area contributed by atoms with Gasteiger partial charge in [0.25, 0.3) is 0 Å². The highest BCUT2D eigenvalue weighted by molar-refractivity contribution is 5.44. The smallest absolute Gasteiger partial charge is 0.124 e. The molecule has 3 nitrogen and oxygen atoms in total. The fourth-order valence-corrected chi connectivity index (χ4v) is 2.32. The molecular weight excluding hydrogens is 174 g/mol. The molecule has 0 spiro atoms. The number of nitrogen functional groups attached to an aromatic ring is 1. The van der Waals surface area contributed by atoms with E-state index in [2.05, 4.69) is 18.9 Å². The summed E-state index contributed by atoms with van der Waals surface area (Å²) < 4.78 is 1.81. The summed E-state index contributed by atoms with van der Waals surface area (Å²) in [5.41, 5.74) is 8.51. The molecule has 0 aromatic carbocycles. The molecule has 0 saturated heterocycles. The number of hydrogen-bond donors (Lipinski definition) is 1. The van der Waals surface area contributed by atoms with Crippen molar-refractivity contribution in [1.82, 2.24) is 9.78 Å². The van der Waals surface area contributed by atoms with E-state index in [0.717, 1.165) is 30.5 Å². The average molecular weight is 193 g/mol. The van der Waals surface area contributed by atoms with E-state index in [1.165, 1.54) is 17.7 Å². The van der Waals surface area contributed by atoms with Gasteiger partial charge in [0.15, 0.2) is 0 Å². The number of nitrogens with zero attached hydrogens (tertiary/aromatic N) is 2. The third-order valence-electron chi connectivity index (χ3n) is 3.44. The maximum Gasteiger partial charge on any atom is 0.124 e. The van der Waals surface area contributed by atoms with Gasteiger partial charge in [-0.1, -0.05) is 13.8 Å². The van der Waals surface area contributed by atoms with Gasteiger partial charge in [-0.3, -0.25) is 4.68 Å². The summed E-state index contributed by atoms with van der Waals surface area (Å²) in [4.78, 5) is 0. The largest absolute Gasteiger partial charge is 0.384 e. The van der Waals surface area contributed by atoms with Gasteiger partial charge in [-0.05, 0) is 31.1 Å². The van der Waals surface area contributed by atoms with Crippen LogP contribution < -0.4 is 5.73 Å². The predicted molar refractivity (Wildman–Crippen MR) is 58.0 cm³/mol. The van der Waals surface area contributed by atoms with E-state index in [0.29, 0.717) is 0 Å². The minimum Gasteiger partial charge on any atom is -0.384 e. The van der Waals surface area contributed by atoms with Crippen LogP contribution in [0.25, 0.3) is 0 Å². The molecule has 14 heavy (non-hydrogen) atoms. The Balaban J connectivity index is 2.29. The summed E-state index contributed by atoms with van der Waals surface area (Å²) in [7, 11) is 1.93. The lowest BCUT2D eigenvalue weighted by molar-refractivity contribution is 0.342. The molecule has 0 amide bonds. The average Bonchev–Trinajstić information content (AvgIpc) is 2.43. The van der Waals surface area contributed by atoms with Gasteiger partial charge in [-0.15, -0.1) is 0 Å². The lowest BCUT2D eigenvalue weighted by Crippen LogP contribution is -2.19. The molecule has 1 unspecified atom stereocenters. The number of aryl methyl sites for hydroxylation is 2. The van der Waals surface area contributed by atoms with Crippen molar-refractivity contribution in [2.45, 2.75) is 33.1 Å². The van der Waals surface area contributed by atoms with Crippen LogP contribution in [0, 0.1) is 11.8 Å². The summed E-state index contributed by atoms with van der Waals surface area (Å²) in [5, 5.41) is 4.44. The molecule has 0 bridgehead atoms. The molecule has 2 N–H and O–H groups in total. The van der Waals surface area contributed by atoms with Crippen LogP contribution >= 0.6 is 0 Å². The third kappa shape index (κ3) is 1.41. The lowest BCUT2D eigenvalue weighted by atomic mass is 9.80. The van der Waals surface area contributed by atoms with Crippen LogP contribution in [0.15, 0.2) is 0 Å². The van der Waals surface area contributed by atoms with Crippen LogP contribution in [-0.2, 0) is 19.9 Å². The maximum atomic E-state index is 5.99. The Kier molecular flexibility index (Phi) is 2.25. The molecule has 1 aromatic heterocycles. The summed E-state index contributed by atoms with van der Waals surface area (Å²) in [6.07, 6.45) is 3.48. The van der Waals surface area contributed by atoms with E-state index in [4.69, 9.17) is 5.73 Å². The fourth-order valence-electron chi connectivity index (χ4n) is 2.32. The second-order valence-electron chi connectivity index (χ2n) is 4.68. The summed E-state index contributed by atoms with van der Waals surface area (Å²) in [5.74, 6) is 2.40. The van der Waals surface area contributed by atoms with Crippen molar-refractivity contribution < 1.29 is 0 Å². The Morgan fingerprint density at radius 2 is 2.21 bits per heavy atom. The van der Waals surface area contributed by atoms with Gasteiger partial charge in [0.2, 0.25) is 0 Å². The van der Waals surface area contributed by atoms with Crippen LogP contribution in [0.1, 0.15) is 31.5 Å². The van der Waals surface area contributed by atoms with E-state index in [-0.39, 0.29) is 0 Å². The maximum absolute atomic E-state index is 5.99. The summed E-state index contributed by atoms with van der Waals surface area (Å²) in [6, 6.07) is 0. The summed E-state index contributed by atoms with van der Waals surface area (Å²) in [6.45, 7) is 4.59. The van der Waals surface area contributed by atoms with Gasteiger partial charge in [0.05, 0.1) is 5.69 Å². The molecule has 0 aliphatic heterocycles.